The van der Waals surface area contributed by atoms with Crippen molar-refractivity contribution in [3.8, 4) is 0 Å². The summed E-state index contributed by atoms with van der Waals surface area (Å²) in [6, 6.07) is 0. The highest BCUT2D eigenvalue weighted by molar-refractivity contribution is 5.89. The number of carbonyl (C=O) groups excluding carboxylic acids is 1. The average molecular weight is 245 g/mol. The van der Waals surface area contributed by atoms with Crippen LogP contribution in [0.25, 0.3) is 0 Å². The Labute approximate surface area is 97.5 Å². The molecule has 0 aliphatic carbocycles. The summed E-state index contributed by atoms with van der Waals surface area (Å²) < 4.78 is 5.22. The number of ether oxygens (including phenoxy) is 1. The van der Waals surface area contributed by atoms with E-state index in [1.807, 2.05) is 0 Å². The molecule has 0 bridgehead atoms. The van der Waals surface area contributed by atoms with Crippen LogP contribution in [0.1, 0.15) is 6.42 Å². The van der Waals surface area contributed by atoms with E-state index in [4.69, 9.17) is 9.84 Å². The van der Waals surface area contributed by atoms with E-state index >= 15 is 0 Å². The fraction of sp³-hybridized carbons (Fsp3) is 0.700. The molecule has 96 valence electrons. The summed E-state index contributed by atoms with van der Waals surface area (Å²) in [5.74, 6) is -0.499. The number of hydrogen-bond acceptors (Lipinski definition) is 6. The largest absolute Gasteiger partial charge is 0.512 e. The summed E-state index contributed by atoms with van der Waals surface area (Å²) >= 11 is 0. The molecular weight excluding hydrogens is 230 g/mol. The van der Waals surface area contributed by atoms with Crippen LogP contribution >= 0.6 is 0 Å². The van der Waals surface area contributed by atoms with E-state index in [1.54, 1.807) is 0 Å². The third kappa shape index (κ3) is 2.14. The molecule has 0 aromatic heterocycles. The van der Waals surface area contributed by atoms with E-state index in [0.717, 1.165) is 6.08 Å². The van der Waals surface area contributed by atoms with Gasteiger partial charge < -0.3 is 30.1 Å². The maximum Gasteiger partial charge on any atom is 0.252 e. The van der Waals surface area contributed by atoms with Crippen molar-refractivity contribution in [2.24, 2.45) is 0 Å². The molecule has 2 aliphatic heterocycles. The van der Waals surface area contributed by atoms with E-state index < -0.39 is 37.1 Å². The van der Waals surface area contributed by atoms with Crippen LogP contribution in [0, 0.1) is 0 Å². The summed E-state index contributed by atoms with van der Waals surface area (Å²) in [6.07, 6.45) is -3.04. The number of aliphatic hydroxyl groups excluding tert-OH is 4. The summed E-state index contributed by atoms with van der Waals surface area (Å²) in [5.41, 5.74) is 0. The van der Waals surface area contributed by atoms with Gasteiger partial charge >= 0.3 is 0 Å². The Morgan fingerprint density at radius 1 is 1.41 bits per heavy atom. The summed E-state index contributed by atoms with van der Waals surface area (Å²) in [7, 11) is 0. The number of aliphatic hydroxyl groups is 4. The lowest BCUT2D eigenvalue weighted by atomic mass is 10.1. The third-order valence-electron chi connectivity index (χ3n) is 3.01. The first-order valence-electron chi connectivity index (χ1n) is 5.37. The second kappa shape index (κ2) is 4.61. The zero-order chi connectivity index (χ0) is 12.6. The van der Waals surface area contributed by atoms with Crippen molar-refractivity contribution in [2.75, 3.05) is 13.2 Å². The highest BCUT2D eigenvalue weighted by Crippen LogP contribution is 2.26. The van der Waals surface area contributed by atoms with Gasteiger partial charge in [-0.15, -0.1) is 0 Å². The number of hydrogen-bond donors (Lipinski definition) is 4. The molecule has 1 saturated heterocycles. The van der Waals surface area contributed by atoms with Crippen molar-refractivity contribution < 1.29 is 30.0 Å². The fourth-order valence-corrected chi connectivity index (χ4v) is 2.03. The minimum Gasteiger partial charge on any atom is -0.512 e. The van der Waals surface area contributed by atoms with Crippen LogP contribution in [-0.4, -0.2) is 68.9 Å². The van der Waals surface area contributed by atoms with Gasteiger partial charge in [0.05, 0.1) is 12.4 Å². The Balaban J connectivity index is 2.11. The van der Waals surface area contributed by atoms with Crippen molar-refractivity contribution >= 4 is 5.91 Å². The first kappa shape index (κ1) is 12.3. The number of amides is 1. The molecule has 4 atom stereocenters. The predicted octanol–water partition coefficient (Wildman–Crippen LogP) is -1.90. The molecule has 0 aromatic carbocycles. The zero-order valence-electron chi connectivity index (χ0n) is 9.06. The van der Waals surface area contributed by atoms with Gasteiger partial charge in [0, 0.05) is 19.0 Å². The Bertz CT molecular complexity index is 344. The molecule has 0 aromatic rings. The van der Waals surface area contributed by atoms with Crippen LogP contribution in [0.4, 0.5) is 0 Å². The average Bonchev–Trinajstić information content (AvgIpc) is 2.57. The van der Waals surface area contributed by atoms with Crippen LogP contribution in [0.2, 0.25) is 0 Å². The lowest BCUT2D eigenvalue weighted by Gasteiger charge is -2.31. The van der Waals surface area contributed by atoms with Gasteiger partial charge in [0.2, 0.25) is 0 Å². The standard InChI is InChI=1S/C10H15NO6/c12-4-6-8(15)9(16)10(17-6)11-2-1-5(13)3-7(11)14/h3,6,8-10,12-13,15-16H,1-2,4H2/t6-,8-,9+,10-/m1/s1. The lowest BCUT2D eigenvalue weighted by Crippen LogP contribution is -2.48. The first-order chi connectivity index (χ1) is 8.04. The Kier molecular flexibility index (Phi) is 3.34. The molecule has 0 radical (unpaired) electrons. The highest BCUT2D eigenvalue weighted by atomic mass is 16.6. The third-order valence-corrected chi connectivity index (χ3v) is 3.01. The molecule has 2 aliphatic rings. The molecule has 1 fully saturated rings. The van der Waals surface area contributed by atoms with Crippen LogP contribution in [0.15, 0.2) is 11.8 Å². The molecule has 2 heterocycles. The minimum atomic E-state index is -1.26. The van der Waals surface area contributed by atoms with Gasteiger partial charge in [0.25, 0.3) is 5.91 Å². The summed E-state index contributed by atoms with van der Waals surface area (Å²) in [6.45, 7) is -0.231. The minimum absolute atomic E-state index is 0.0157. The van der Waals surface area contributed by atoms with Crippen molar-refractivity contribution in [3.63, 3.8) is 0 Å². The predicted molar refractivity (Wildman–Crippen MR) is 54.8 cm³/mol. The summed E-state index contributed by atoms with van der Waals surface area (Å²) in [5, 5.41) is 37.4. The number of carbonyl (C=O) groups is 1. The van der Waals surface area contributed by atoms with Crippen LogP contribution in [0.5, 0.6) is 0 Å². The van der Waals surface area contributed by atoms with E-state index in [-0.39, 0.29) is 18.7 Å². The second-order valence-electron chi connectivity index (χ2n) is 4.15. The fourth-order valence-electron chi connectivity index (χ4n) is 2.03. The van der Waals surface area contributed by atoms with Gasteiger partial charge in [-0.25, -0.2) is 0 Å². The summed E-state index contributed by atoms with van der Waals surface area (Å²) in [4.78, 5) is 12.8. The van der Waals surface area contributed by atoms with Crippen LogP contribution in [-0.2, 0) is 9.53 Å². The quantitative estimate of drug-likeness (QED) is 0.452. The van der Waals surface area contributed by atoms with E-state index in [9.17, 15) is 20.1 Å². The number of nitrogens with zero attached hydrogens (tertiary/aromatic N) is 1. The van der Waals surface area contributed by atoms with Crippen molar-refractivity contribution in [3.05, 3.63) is 11.8 Å². The topological polar surface area (TPSA) is 110 Å². The van der Waals surface area contributed by atoms with Crippen molar-refractivity contribution in [1.29, 1.82) is 0 Å². The normalized spacial score (nSPS) is 38.4. The molecule has 7 nitrogen and oxygen atoms in total. The molecule has 1 amide bonds. The second-order valence-corrected chi connectivity index (χ2v) is 4.15. The molecule has 0 saturated carbocycles. The first-order valence-corrected chi connectivity index (χ1v) is 5.37. The SMILES string of the molecule is O=C1C=C(O)CCN1[C@@H]1O[C@H](CO)[C@@H](O)[C@@H]1O. The van der Waals surface area contributed by atoms with Gasteiger partial charge in [0.1, 0.15) is 18.3 Å². The zero-order valence-corrected chi connectivity index (χ0v) is 9.06. The lowest BCUT2D eigenvalue weighted by molar-refractivity contribution is -0.149. The maximum absolute atomic E-state index is 11.6. The highest BCUT2D eigenvalue weighted by Gasteiger charge is 2.46. The molecule has 0 spiro atoms. The van der Waals surface area contributed by atoms with Crippen LogP contribution < -0.4 is 0 Å². The van der Waals surface area contributed by atoms with Gasteiger partial charge in [0.15, 0.2) is 6.23 Å². The van der Waals surface area contributed by atoms with E-state index in [2.05, 4.69) is 0 Å². The van der Waals surface area contributed by atoms with Crippen molar-refractivity contribution in [1.82, 2.24) is 4.90 Å². The smallest absolute Gasteiger partial charge is 0.252 e. The van der Waals surface area contributed by atoms with Gasteiger partial charge in [-0.3, -0.25) is 4.79 Å². The van der Waals surface area contributed by atoms with E-state index in [0.29, 0.717) is 0 Å². The molecule has 2 rings (SSSR count). The van der Waals surface area contributed by atoms with Crippen LogP contribution in [0.3, 0.4) is 0 Å². The molecule has 7 heteroatoms. The molecule has 4 N–H and O–H groups in total. The number of rotatable bonds is 2. The van der Waals surface area contributed by atoms with E-state index in [1.165, 1.54) is 4.90 Å². The van der Waals surface area contributed by atoms with Crippen molar-refractivity contribution in [2.45, 2.75) is 31.0 Å². The van der Waals surface area contributed by atoms with Gasteiger partial charge in [-0.2, -0.15) is 0 Å². The van der Waals surface area contributed by atoms with Gasteiger partial charge in [-0.05, 0) is 0 Å². The Hall–Kier alpha value is -1.15. The molecule has 17 heavy (non-hydrogen) atoms. The monoisotopic (exact) mass is 245 g/mol. The molecule has 0 unspecified atom stereocenters. The molecular formula is C10H15NO6. The Morgan fingerprint density at radius 2 is 2.12 bits per heavy atom. The maximum atomic E-state index is 11.6. The Morgan fingerprint density at radius 3 is 2.65 bits per heavy atom. The van der Waals surface area contributed by atoms with Gasteiger partial charge in [-0.1, -0.05) is 0 Å².